The minimum Gasteiger partial charge on any atom is -0.496 e. The van der Waals surface area contributed by atoms with E-state index in [0.29, 0.717) is 11.5 Å². The molecule has 220 valence electrons. The number of benzene rings is 2. The number of aromatic nitrogens is 6. The number of hydrogen-bond acceptors (Lipinski definition) is 9. The lowest BCUT2D eigenvalue weighted by molar-refractivity contribution is 0.407. The monoisotopic (exact) mass is 612 g/mol. The SMILES string of the molecule is COc1c(C)cnc(CSc2nc3ccc(Oc4ccc5nc(SCc6ncc(C)c(OC)c6C)[nH]c5c4)cc3[nH]2)c1C. The molecule has 0 fully saturated rings. The molecular weight excluding hydrogens is 581 g/mol. The van der Waals surface area contributed by atoms with Gasteiger partial charge in [-0.05, 0) is 52.0 Å². The maximum atomic E-state index is 6.22. The van der Waals surface area contributed by atoms with Crippen molar-refractivity contribution in [2.24, 2.45) is 0 Å². The summed E-state index contributed by atoms with van der Waals surface area (Å²) in [4.78, 5) is 25.5. The number of aryl methyl sites for hydroxylation is 2. The highest BCUT2D eigenvalue weighted by Crippen LogP contribution is 2.33. The molecule has 11 heteroatoms. The van der Waals surface area contributed by atoms with Crippen molar-refractivity contribution in [3.05, 3.63) is 82.4 Å². The van der Waals surface area contributed by atoms with Gasteiger partial charge >= 0.3 is 0 Å². The first-order chi connectivity index (χ1) is 20.8. The van der Waals surface area contributed by atoms with Gasteiger partial charge in [0.1, 0.15) is 23.0 Å². The molecule has 0 radical (unpaired) electrons. The van der Waals surface area contributed by atoms with E-state index in [1.165, 1.54) is 0 Å². The second-order valence-corrected chi connectivity index (χ2v) is 12.1. The Morgan fingerprint density at radius 2 is 1.09 bits per heavy atom. The molecule has 2 aromatic carbocycles. The first-order valence-corrected chi connectivity index (χ1v) is 15.7. The van der Waals surface area contributed by atoms with Crippen LogP contribution >= 0.6 is 23.5 Å². The second-order valence-electron chi connectivity index (χ2n) is 10.2. The number of methoxy groups -OCH3 is 2. The van der Waals surface area contributed by atoms with Crippen LogP contribution in [0.5, 0.6) is 23.0 Å². The third-order valence-electron chi connectivity index (χ3n) is 7.29. The summed E-state index contributed by atoms with van der Waals surface area (Å²) in [5, 5.41) is 1.65. The molecule has 43 heavy (non-hydrogen) atoms. The number of fused-ring (bicyclic) bond motifs is 2. The van der Waals surface area contributed by atoms with E-state index in [4.69, 9.17) is 24.2 Å². The highest BCUT2D eigenvalue weighted by atomic mass is 32.2. The van der Waals surface area contributed by atoms with E-state index in [0.717, 1.165) is 89.0 Å². The van der Waals surface area contributed by atoms with Gasteiger partial charge < -0.3 is 24.2 Å². The first kappa shape index (κ1) is 28.9. The molecule has 0 bridgehead atoms. The van der Waals surface area contributed by atoms with Gasteiger partial charge in [0.2, 0.25) is 0 Å². The standard InChI is InChI=1S/C32H32N6O3S2/c1-17-13-33-27(19(3)29(17)39-5)15-42-31-35-23-9-7-21(11-25(23)37-31)41-22-8-10-24-26(12-22)38-32(36-24)43-16-28-20(4)30(40-6)18(2)14-34-28/h7-14H,15-16H2,1-6H3,(H,35,37)(H,36,38). The van der Waals surface area contributed by atoms with E-state index in [2.05, 4.69) is 19.9 Å². The molecule has 0 amide bonds. The number of hydrogen-bond donors (Lipinski definition) is 2. The second kappa shape index (κ2) is 12.2. The number of pyridine rings is 2. The summed E-state index contributed by atoms with van der Waals surface area (Å²) < 4.78 is 17.3. The molecule has 0 saturated heterocycles. The zero-order chi connectivity index (χ0) is 30.1. The minimum atomic E-state index is 0.686. The summed E-state index contributed by atoms with van der Waals surface area (Å²) in [6, 6.07) is 11.7. The van der Waals surface area contributed by atoms with Crippen molar-refractivity contribution in [2.75, 3.05) is 14.2 Å². The van der Waals surface area contributed by atoms with Gasteiger partial charge in [0.05, 0.1) is 47.7 Å². The van der Waals surface area contributed by atoms with E-state index in [1.807, 2.05) is 76.5 Å². The fourth-order valence-corrected chi connectivity index (χ4v) is 6.86. The Bertz CT molecular complexity index is 1810. The fourth-order valence-electron chi connectivity index (χ4n) is 5.04. The number of aromatic amines is 2. The predicted octanol–water partition coefficient (Wildman–Crippen LogP) is 7.86. The Hall–Kier alpha value is -4.22. The predicted molar refractivity (Wildman–Crippen MR) is 172 cm³/mol. The van der Waals surface area contributed by atoms with Gasteiger partial charge in [-0.2, -0.15) is 0 Å². The van der Waals surface area contributed by atoms with Crippen LogP contribution < -0.4 is 14.2 Å². The van der Waals surface area contributed by atoms with E-state index in [-0.39, 0.29) is 0 Å². The third kappa shape index (κ3) is 6.00. The number of nitrogens with zero attached hydrogens (tertiary/aromatic N) is 4. The van der Waals surface area contributed by atoms with Crippen molar-refractivity contribution in [2.45, 2.75) is 49.5 Å². The smallest absolute Gasteiger partial charge is 0.166 e. The van der Waals surface area contributed by atoms with Crippen LogP contribution in [0.2, 0.25) is 0 Å². The molecule has 2 N–H and O–H groups in total. The van der Waals surface area contributed by atoms with Crippen LogP contribution in [-0.4, -0.2) is 44.1 Å². The molecule has 6 rings (SSSR count). The molecule has 4 aromatic heterocycles. The van der Waals surface area contributed by atoms with Gasteiger partial charge in [-0.3, -0.25) is 9.97 Å². The van der Waals surface area contributed by atoms with Crippen LogP contribution in [-0.2, 0) is 11.5 Å². The zero-order valence-corrected chi connectivity index (χ0v) is 26.5. The van der Waals surface area contributed by atoms with Crippen LogP contribution in [0, 0.1) is 27.7 Å². The molecule has 0 spiro atoms. The molecule has 6 aromatic rings. The Kier molecular flexibility index (Phi) is 8.18. The summed E-state index contributed by atoms with van der Waals surface area (Å²) in [7, 11) is 3.39. The number of H-pyrrole nitrogens is 2. The lowest BCUT2D eigenvalue weighted by atomic mass is 10.1. The van der Waals surface area contributed by atoms with Crippen LogP contribution in [0.1, 0.15) is 33.6 Å². The number of rotatable bonds is 10. The lowest BCUT2D eigenvalue weighted by Gasteiger charge is -2.11. The van der Waals surface area contributed by atoms with Crippen molar-refractivity contribution in [1.82, 2.24) is 29.9 Å². The van der Waals surface area contributed by atoms with E-state index in [9.17, 15) is 0 Å². The zero-order valence-electron chi connectivity index (χ0n) is 24.9. The Morgan fingerprint density at radius 3 is 1.51 bits per heavy atom. The number of ether oxygens (including phenoxy) is 3. The molecule has 0 aliphatic rings. The van der Waals surface area contributed by atoms with Crippen LogP contribution in [0.15, 0.2) is 59.1 Å². The van der Waals surface area contributed by atoms with Crippen molar-refractivity contribution in [3.8, 4) is 23.0 Å². The molecular formula is C32H32N6O3S2. The topological polar surface area (TPSA) is 111 Å². The van der Waals surface area contributed by atoms with Gasteiger partial charge in [0.15, 0.2) is 10.3 Å². The minimum absolute atomic E-state index is 0.686. The van der Waals surface area contributed by atoms with Crippen molar-refractivity contribution in [3.63, 3.8) is 0 Å². The third-order valence-corrected chi connectivity index (χ3v) is 9.06. The van der Waals surface area contributed by atoms with Gasteiger partial charge in [-0.25, -0.2) is 9.97 Å². The Labute approximate surface area is 258 Å². The number of imidazole rings is 2. The average molecular weight is 613 g/mol. The van der Waals surface area contributed by atoms with E-state index in [1.54, 1.807) is 37.7 Å². The van der Waals surface area contributed by atoms with E-state index < -0.39 is 0 Å². The first-order valence-electron chi connectivity index (χ1n) is 13.7. The average Bonchev–Trinajstić information content (AvgIpc) is 3.59. The summed E-state index contributed by atoms with van der Waals surface area (Å²) >= 11 is 3.22. The molecule has 0 unspecified atom stereocenters. The van der Waals surface area contributed by atoms with Gasteiger partial charge in [-0.1, -0.05) is 23.5 Å². The normalized spacial score (nSPS) is 11.4. The molecule has 4 heterocycles. The Morgan fingerprint density at radius 1 is 0.651 bits per heavy atom. The highest BCUT2D eigenvalue weighted by molar-refractivity contribution is 7.98. The quantitative estimate of drug-likeness (QED) is 0.149. The number of thioether (sulfide) groups is 2. The maximum absolute atomic E-state index is 6.22. The summed E-state index contributed by atoms with van der Waals surface area (Å²) in [6.45, 7) is 8.09. The largest absolute Gasteiger partial charge is 0.496 e. The van der Waals surface area contributed by atoms with Gasteiger partial charge in [-0.15, -0.1) is 0 Å². The lowest BCUT2D eigenvalue weighted by Crippen LogP contribution is -1.98. The van der Waals surface area contributed by atoms with Crippen molar-refractivity contribution in [1.29, 1.82) is 0 Å². The van der Waals surface area contributed by atoms with Crippen LogP contribution in [0.25, 0.3) is 22.1 Å². The van der Waals surface area contributed by atoms with Crippen molar-refractivity contribution >= 4 is 45.6 Å². The fraction of sp³-hybridized carbons (Fsp3) is 0.250. The van der Waals surface area contributed by atoms with Crippen LogP contribution in [0.4, 0.5) is 0 Å². The summed E-state index contributed by atoms with van der Waals surface area (Å²) in [5.74, 6) is 4.58. The molecule has 0 aliphatic carbocycles. The molecule has 0 aliphatic heterocycles. The summed E-state index contributed by atoms with van der Waals surface area (Å²) in [6.07, 6.45) is 3.71. The highest BCUT2D eigenvalue weighted by Gasteiger charge is 2.14. The van der Waals surface area contributed by atoms with Gasteiger partial charge in [0.25, 0.3) is 0 Å². The van der Waals surface area contributed by atoms with E-state index >= 15 is 0 Å². The Balaban J connectivity index is 1.13. The molecule has 9 nitrogen and oxygen atoms in total. The number of nitrogens with one attached hydrogen (secondary N) is 2. The van der Waals surface area contributed by atoms with Crippen molar-refractivity contribution < 1.29 is 14.2 Å². The molecule has 0 saturated carbocycles. The van der Waals surface area contributed by atoms with Crippen LogP contribution in [0.3, 0.4) is 0 Å². The molecule has 0 atom stereocenters. The van der Waals surface area contributed by atoms with Gasteiger partial charge in [0, 0.05) is 58.3 Å². The maximum Gasteiger partial charge on any atom is 0.166 e. The summed E-state index contributed by atoms with van der Waals surface area (Å²) in [5.41, 5.74) is 9.70.